The number of piperidine rings is 1. The Labute approximate surface area is 210 Å². The Morgan fingerprint density at radius 3 is 2.60 bits per heavy atom. The number of amides is 1. The molecule has 3 aromatic rings. The van der Waals surface area contributed by atoms with Gasteiger partial charge in [-0.2, -0.15) is 5.10 Å². The fourth-order valence-electron chi connectivity index (χ4n) is 3.57. The fraction of sp³-hybridized carbons (Fsp3) is 0.423. The van der Waals surface area contributed by atoms with Crippen LogP contribution in [0, 0.1) is 5.92 Å². The molecule has 1 aliphatic rings. The van der Waals surface area contributed by atoms with Crippen LogP contribution in [0.25, 0.3) is 11.3 Å². The molecule has 2 aromatic heterocycles. The molecule has 1 saturated heterocycles. The van der Waals surface area contributed by atoms with Gasteiger partial charge in [-0.15, -0.1) is 11.3 Å². The second-order valence-corrected chi connectivity index (χ2v) is 10.3. The number of carbonyl (C=O) groups excluding carboxylic acids is 2. The van der Waals surface area contributed by atoms with Crippen LogP contribution < -0.4 is 15.4 Å². The van der Waals surface area contributed by atoms with Crippen molar-refractivity contribution in [3.63, 3.8) is 0 Å². The largest absolute Gasteiger partial charge is 0.493 e. The average Bonchev–Trinajstić information content (AvgIpc) is 3.51. The van der Waals surface area contributed by atoms with Crippen LogP contribution in [0.1, 0.15) is 43.3 Å². The minimum Gasteiger partial charge on any atom is -0.493 e. The summed E-state index contributed by atoms with van der Waals surface area (Å²) in [5.41, 5.74) is 2.30. The van der Waals surface area contributed by atoms with Crippen molar-refractivity contribution >= 4 is 29.4 Å². The van der Waals surface area contributed by atoms with Crippen LogP contribution in [0.15, 0.2) is 48.0 Å². The minimum absolute atomic E-state index is 0.102. The molecule has 8 nitrogen and oxygen atoms in total. The zero-order chi connectivity index (χ0) is 25.3. The monoisotopic (exact) mass is 498 g/mol. The number of benzene rings is 1. The van der Waals surface area contributed by atoms with Gasteiger partial charge in [0.25, 0.3) is 12.4 Å². The van der Waals surface area contributed by atoms with Crippen molar-refractivity contribution in [2.24, 2.45) is 13.0 Å². The van der Waals surface area contributed by atoms with E-state index in [-0.39, 0.29) is 11.5 Å². The number of carbonyl (C=O) groups is 2. The number of ether oxygens (including phenoxy) is 2. The first kappa shape index (κ1) is 26.4. The normalized spacial score (nSPS) is 13.9. The quantitative estimate of drug-likeness (QED) is 0.457. The summed E-state index contributed by atoms with van der Waals surface area (Å²) >= 11 is 1.43. The smallest absolute Gasteiger partial charge is 0.293 e. The lowest BCUT2D eigenvalue weighted by Gasteiger charge is -2.23. The SMILES string of the molecule is CC(C)(C)OC=O.Cn1nccc1-c1cc(NC(=O)c2cccs2)ccc1OCC1CCNCC1. The maximum absolute atomic E-state index is 12.4. The van der Waals surface area contributed by atoms with Crippen molar-refractivity contribution in [1.29, 1.82) is 0 Å². The fourth-order valence-corrected chi connectivity index (χ4v) is 4.19. The molecule has 2 N–H and O–H groups in total. The Hall–Kier alpha value is -3.17. The minimum atomic E-state index is -0.318. The van der Waals surface area contributed by atoms with Gasteiger partial charge in [-0.25, -0.2) is 0 Å². The molecule has 1 aromatic carbocycles. The van der Waals surface area contributed by atoms with Gasteiger partial charge in [0.15, 0.2) is 0 Å². The molecule has 0 unspecified atom stereocenters. The summed E-state index contributed by atoms with van der Waals surface area (Å²) in [5.74, 6) is 1.28. The zero-order valence-electron chi connectivity index (χ0n) is 20.7. The van der Waals surface area contributed by atoms with Crippen LogP contribution in [0.3, 0.4) is 0 Å². The Bertz CT molecular complexity index is 1080. The number of anilines is 1. The van der Waals surface area contributed by atoms with Gasteiger partial charge in [-0.1, -0.05) is 6.07 Å². The van der Waals surface area contributed by atoms with E-state index in [1.807, 2.05) is 74.3 Å². The molecule has 1 fully saturated rings. The maximum atomic E-state index is 12.4. The van der Waals surface area contributed by atoms with Crippen molar-refractivity contribution in [3.8, 4) is 17.0 Å². The molecule has 0 bridgehead atoms. The number of hydrogen-bond donors (Lipinski definition) is 2. The van der Waals surface area contributed by atoms with Crippen LogP contribution in [0.5, 0.6) is 5.75 Å². The van der Waals surface area contributed by atoms with Crippen molar-refractivity contribution < 1.29 is 19.1 Å². The first-order chi connectivity index (χ1) is 16.8. The van der Waals surface area contributed by atoms with Crippen molar-refractivity contribution in [1.82, 2.24) is 15.1 Å². The molecule has 0 spiro atoms. The molecule has 188 valence electrons. The van der Waals surface area contributed by atoms with Crippen molar-refractivity contribution in [3.05, 3.63) is 52.9 Å². The van der Waals surface area contributed by atoms with Crippen LogP contribution >= 0.6 is 11.3 Å². The molecule has 0 radical (unpaired) electrons. The maximum Gasteiger partial charge on any atom is 0.293 e. The van der Waals surface area contributed by atoms with E-state index in [0.29, 0.717) is 23.9 Å². The Balaban J connectivity index is 0.000000429. The van der Waals surface area contributed by atoms with Gasteiger partial charge in [-0.05, 0) is 88.3 Å². The molecule has 9 heteroatoms. The highest BCUT2D eigenvalue weighted by Gasteiger charge is 2.17. The first-order valence-corrected chi connectivity index (χ1v) is 12.6. The number of nitrogens with one attached hydrogen (secondary N) is 2. The van der Waals surface area contributed by atoms with Crippen LogP contribution in [-0.4, -0.2) is 47.5 Å². The third-order valence-electron chi connectivity index (χ3n) is 5.41. The summed E-state index contributed by atoms with van der Waals surface area (Å²) in [6.07, 6.45) is 4.04. The van der Waals surface area contributed by atoms with Gasteiger partial charge >= 0.3 is 0 Å². The predicted octanol–water partition coefficient (Wildman–Crippen LogP) is 4.74. The Kier molecular flexibility index (Phi) is 9.45. The van der Waals surface area contributed by atoms with Gasteiger partial charge in [0.05, 0.1) is 17.2 Å². The highest BCUT2D eigenvalue weighted by atomic mass is 32.1. The van der Waals surface area contributed by atoms with E-state index in [1.54, 1.807) is 6.20 Å². The lowest BCUT2D eigenvalue weighted by molar-refractivity contribution is -0.138. The molecular formula is C26H34N4O4S. The van der Waals surface area contributed by atoms with Gasteiger partial charge in [-0.3, -0.25) is 14.3 Å². The Morgan fingerprint density at radius 2 is 2.03 bits per heavy atom. The summed E-state index contributed by atoms with van der Waals surface area (Å²) in [6, 6.07) is 11.4. The number of nitrogens with zero attached hydrogens (tertiary/aromatic N) is 2. The second-order valence-electron chi connectivity index (χ2n) is 9.31. The second kappa shape index (κ2) is 12.5. The number of rotatable bonds is 7. The molecule has 35 heavy (non-hydrogen) atoms. The first-order valence-electron chi connectivity index (χ1n) is 11.7. The third kappa shape index (κ3) is 8.22. The lowest BCUT2D eigenvalue weighted by atomic mass is 9.99. The van der Waals surface area contributed by atoms with Crippen LogP contribution in [0.4, 0.5) is 5.69 Å². The molecular weight excluding hydrogens is 464 g/mol. The summed E-state index contributed by atoms with van der Waals surface area (Å²) < 4.78 is 12.6. The summed E-state index contributed by atoms with van der Waals surface area (Å²) in [7, 11) is 1.91. The molecule has 0 saturated carbocycles. The summed E-state index contributed by atoms with van der Waals surface area (Å²) in [4.78, 5) is 22.7. The average molecular weight is 499 g/mol. The molecule has 3 heterocycles. The van der Waals surface area contributed by atoms with E-state index >= 15 is 0 Å². The number of aromatic nitrogens is 2. The predicted molar refractivity (Wildman–Crippen MR) is 139 cm³/mol. The Morgan fingerprint density at radius 1 is 1.26 bits per heavy atom. The van der Waals surface area contributed by atoms with E-state index in [2.05, 4.69) is 20.5 Å². The number of aryl methyl sites for hydroxylation is 1. The summed E-state index contributed by atoms with van der Waals surface area (Å²) in [5, 5.41) is 12.5. The third-order valence-corrected chi connectivity index (χ3v) is 6.28. The standard InChI is InChI=1S/C21H24N4O2S.C5H10O2/c1-25-18(8-11-23-25)17-13-16(24-21(26)20-3-2-12-28-20)4-5-19(17)27-14-15-6-9-22-10-7-15;1-5(2,3)7-4-6/h2-5,8,11-13,15,22H,6-7,9-10,14H2,1H3,(H,24,26);4H,1-3H3. The van der Waals surface area contributed by atoms with Crippen LogP contribution in [-0.2, 0) is 16.6 Å². The summed E-state index contributed by atoms with van der Waals surface area (Å²) in [6.45, 7) is 8.73. The van der Waals surface area contributed by atoms with E-state index in [0.717, 1.165) is 48.6 Å². The van der Waals surface area contributed by atoms with Gasteiger partial charge < -0.3 is 20.1 Å². The highest BCUT2D eigenvalue weighted by Crippen LogP contribution is 2.33. The molecule has 1 aliphatic heterocycles. The van der Waals surface area contributed by atoms with Crippen molar-refractivity contribution in [2.75, 3.05) is 25.0 Å². The number of hydrogen-bond acceptors (Lipinski definition) is 7. The van der Waals surface area contributed by atoms with Crippen molar-refractivity contribution in [2.45, 2.75) is 39.2 Å². The molecule has 0 aliphatic carbocycles. The lowest BCUT2D eigenvalue weighted by Crippen LogP contribution is -2.30. The van der Waals surface area contributed by atoms with E-state index in [9.17, 15) is 9.59 Å². The topological polar surface area (TPSA) is 94.5 Å². The van der Waals surface area contributed by atoms with E-state index in [4.69, 9.17) is 4.74 Å². The highest BCUT2D eigenvalue weighted by molar-refractivity contribution is 7.12. The number of thiophene rings is 1. The zero-order valence-corrected chi connectivity index (χ0v) is 21.6. The van der Waals surface area contributed by atoms with Gasteiger partial charge in [0, 0.05) is 24.5 Å². The van der Waals surface area contributed by atoms with Gasteiger partial charge in [0.1, 0.15) is 11.4 Å². The van der Waals surface area contributed by atoms with E-state index in [1.165, 1.54) is 11.3 Å². The molecule has 0 atom stereocenters. The van der Waals surface area contributed by atoms with Crippen LogP contribution in [0.2, 0.25) is 0 Å². The molecule has 4 rings (SSSR count). The molecule has 1 amide bonds. The van der Waals surface area contributed by atoms with E-state index < -0.39 is 0 Å². The van der Waals surface area contributed by atoms with Gasteiger partial charge in [0.2, 0.25) is 0 Å².